The van der Waals surface area contributed by atoms with Crippen molar-refractivity contribution in [3.05, 3.63) is 31.3 Å². The molecule has 31 heavy (non-hydrogen) atoms. The number of fused-ring (bicyclic) bond motifs is 1. The average molecular weight is 488 g/mol. The minimum absolute atomic E-state index is 0.0452. The molecular formula is C17H18F6N4O2S2. The predicted molar refractivity (Wildman–Crippen MR) is 107 cm³/mol. The number of halogens is 6. The molecule has 1 aliphatic heterocycles. The summed E-state index contributed by atoms with van der Waals surface area (Å²) in [4.78, 5) is 29.5. The standard InChI is InChI=1S/C17H18F6N4O2S2/c1-9-10(7-25-6-5-24(2)15(25)30)31-13-11(9)12(28)27(8-17(21,22)23)14(29)26(13)4-3-16(18,19)20/h3-8H2,1-2H3. The van der Waals surface area contributed by atoms with Gasteiger partial charge in [0.25, 0.3) is 5.56 Å². The highest BCUT2D eigenvalue weighted by Crippen LogP contribution is 2.31. The van der Waals surface area contributed by atoms with Crippen LogP contribution in [-0.4, -0.2) is 56.5 Å². The van der Waals surface area contributed by atoms with Crippen molar-refractivity contribution in [2.75, 3.05) is 20.1 Å². The molecule has 172 valence electrons. The van der Waals surface area contributed by atoms with Crippen LogP contribution < -0.4 is 11.2 Å². The fourth-order valence-corrected chi connectivity index (χ4v) is 4.95. The van der Waals surface area contributed by atoms with E-state index in [1.807, 2.05) is 9.80 Å². The summed E-state index contributed by atoms with van der Waals surface area (Å²) in [5.41, 5.74) is -2.25. The number of likely N-dealkylation sites (N-methyl/N-ethyl adjacent to an activating group) is 1. The number of thiocarbonyl (C=S) groups is 1. The number of hydrogen-bond acceptors (Lipinski definition) is 4. The molecular weight excluding hydrogens is 470 g/mol. The Kier molecular flexibility index (Phi) is 6.17. The zero-order valence-corrected chi connectivity index (χ0v) is 18.1. The minimum Gasteiger partial charge on any atom is -0.350 e. The first-order valence-corrected chi connectivity index (χ1v) is 10.3. The zero-order chi connectivity index (χ0) is 23.3. The van der Waals surface area contributed by atoms with Gasteiger partial charge in [-0.2, -0.15) is 26.3 Å². The fraction of sp³-hybridized carbons (Fsp3) is 0.588. The second-order valence-electron chi connectivity index (χ2n) is 7.26. The Labute approximate surface area is 181 Å². The van der Waals surface area contributed by atoms with Crippen molar-refractivity contribution >= 4 is 38.9 Å². The van der Waals surface area contributed by atoms with Crippen molar-refractivity contribution in [3.63, 3.8) is 0 Å². The maximum atomic E-state index is 13.0. The van der Waals surface area contributed by atoms with Crippen molar-refractivity contribution in [3.8, 4) is 0 Å². The van der Waals surface area contributed by atoms with Crippen molar-refractivity contribution in [1.82, 2.24) is 18.9 Å². The molecule has 1 aliphatic rings. The summed E-state index contributed by atoms with van der Waals surface area (Å²) in [6.45, 7) is 0.231. The van der Waals surface area contributed by atoms with Gasteiger partial charge in [0.15, 0.2) is 5.11 Å². The number of alkyl halides is 6. The molecule has 0 saturated carbocycles. The SMILES string of the molecule is Cc1c(CN2CCN(C)C2=S)sc2c1c(=O)n(CC(F)(F)F)c(=O)n2CCC(F)(F)F. The van der Waals surface area contributed by atoms with Gasteiger partial charge in [-0.1, -0.05) is 0 Å². The largest absolute Gasteiger partial charge is 0.406 e. The van der Waals surface area contributed by atoms with Crippen LogP contribution in [0, 0.1) is 6.92 Å². The van der Waals surface area contributed by atoms with Gasteiger partial charge in [-0.25, -0.2) is 4.79 Å². The molecule has 0 radical (unpaired) electrons. The molecule has 1 fully saturated rings. The van der Waals surface area contributed by atoms with Gasteiger partial charge in [-0.05, 0) is 24.7 Å². The Morgan fingerprint density at radius 2 is 1.68 bits per heavy atom. The number of hydrogen-bond donors (Lipinski definition) is 0. The van der Waals surface area contributed by atoms with E-state index in [0.717, 1.165) is 11.3 Å². The first kappa shape index (κ1) is 23.6. The summed E-state index contributed by atoms with van der Waals surface area (Å²) in [5, 5.41) is 0.366. The molecule has 3 heterocycles. The topological polar surface area (TPSA) is 50.5 Å². The quantitative estimate of drug-likeness (QED) is 0.479. The molecule has 3 rings (SSSR count). The molecule has 2 aromatic rings. The van der Waals surface area contributed by atoms with Gasteiger partial charge in [0.05, 0.1) is 18.4 Å². The first-order valence-electron chi connectivity index (χ1n) is 9.09. The summed E-state index contributed by atoms with van der Waals surface area (Å²) < 4.78 is 77.7. The molecule has 0 amide bonds. The summed E-state index contributed by atoms with van der Waals surface area (Å²) in [5.74, 6) is 0. The van der Waals surface area contributed by atoms with Gasteiger partial charge < -0.3 is 9.80 Å². The highest BCUT2D eigenvalue weighted by atomic mass is 32.1. The van der Waals surface area contributed by atoms with Gasteiger partial charge in [0.2, 0.25) is 0 Å². The predicted octanol–water partition coefficient (Wildman–Crippen LogP) is 3.08. The lowest BCUT2D eigenvalue weighted by molar-refractivity contribution is -0.143. The monoisotopic (exact) mass is 488 g/mol. The van der Waals surface area contributed by atoms with Crippen LogP contribution in [0.5, 0.6) is 0 Å². The lowest BCUT2D eigenvalue weighted by Crippen LogP contribution is -2.43. The summed E-state index contributed by atoms with van der Waals surface area (Å²) in [6, 6.07) is 0. The normalized spacial score (nSPS) is 15.5. The molecule has 1 saturated heterocycles. The van der Waals surface area contributed by atoms with Crippen LogP contribution >= 0.6 is 23.6 Å². The highest BCUT2D eigenvalue weighted by molar-refractivity contribution is 7.80. The Bertz CT molecular complexity index is 1130. The highest BCUT2D eigenvalue weighted by Gasteiger charge is 2.33. The van der Waals surface area contributed by atoms with Crippen LogP contribution in [0.3, 0.4) is 0 Å². The Morgan fingerprint density at radius 1 is 1.03 bits per heavy atom. The number of rotatable bonds is 5. The summed E-state index contributed by atoms with van der Waals surface area (Å²) >= 11 is 6.23. The average Bonchev–Trinajstić information content (AvgIpc) is 3.11. The maximum Gasteiger partial charge on any atom is 0.406 e. The van der Waals surface area contributed by atoms with Crippen LogP contribution in [0.15, 0.2) is 9.59 Å². The molecule has 0 aromatic carbocycles. The fourth-order valence-electron chi connectivity index (χ4n) is 3.37. The van der Waals surface area contributed by atoms with Crippen molar-refractivity contribution in [1.29, 1.82) is 0 Å². The molecule has 0 unspecified atom stereocenters. The Morgan fingerprint density at radius 3 is 2.19 bits per heavy atom. The van der Waals surface area contributed by atoms with Gasteiger partial charge >= 0.3 is 18.0 Å². The third-order valence-corrected chi connectivity index (χ3v) is 6.86. The van der Waals surface area contributed by atoms with Crippen molar-refractivity contribution in [2.24, 2.45) is 0 Å². The zero-order valence-electron chi connectivity index (χ0n) is 16.4. The number of aryl methyl sites for hydroxylation is 2. The Hall–Kier alpha value is -2.09. The molecule has 0 aliphatic carbocycles. The van der Waals surface area contributed by atoms with Crippen molar-refractivity contribution < 1.29 is 26.3 Å². The van der Waals surface area contributed by atoms with E-state index in [9.17, 15) is 35.9 Å². The molecule has 14 heteroatoms. The summed E-state index contributed by atoms with van der Waals surface area (Å²) in [7, 11) is 1.80. The second-order valence-corrected chi connectivity index (χ2v) is 8.71. The van der Waals surface area contributed by atoms with Gasteiger partial charge in [-0.3, -0.25) is 13.9 Å². The van der Waals surface area contributed by atoms with Crippen LogP contribution in [0.1, 0.15) is 16.9 Å². The van der Waals surface area contributed by atoms with Gasteiger partial charge in [0, 0.05) is 31.6 Å². The van der Waals surface area contributed by atoms with Crippen LogP contribution in [-0.2, 0) is 19.6 Å². The minimum atomic E-state index is -4.89. The van der Waals surface area contributed by atoms with Gasteiger partial charge in [0.1, 0.15) is 11.4 Å². The van der Waals surface area contributed by atoms with Crippen LogP contribution in [0.2, 0.25) is 0 Å². The van der Waals surface area contributed by atoms with Crippen LogP contribution in [0.4, 0.5) is 26.3 Å². The van der Waals surface area contributed by atoms with E-state index in [2.05, 4.69) is 0 Å². The number of aromatic nitrogens is 2. The lowest BCUT2D eigenvalue weighted by Gasteiger charge is -2.18. The first-order chi connectivity index (χ1) is 14.2. The molecule has 0 atom stereocenters. The Balaban J connectivity index is 2.17. The van der Waals surface area contributed by atoms with E-state index in [4.69, 9.17) is 12.2 Å². The maximum absolute atomic E-state index is 13.0. The number of thiophene rings is 1. The third-order valence-electron chi connectivity index (χ3n) is 4.99. The van der Waals surface area contributed by atoms with Crippen molar-refractivity contribution in [2.45, 2.75) is 45.3 Å². The molecule has 0 spiro atoms. The van der Waals surface area contributed by atoms with E-state index in [1.54, 1.807) is 7.05 Å². The van der Waals surface area contributed by atoms with Crippen LogP contribution in [0.25, 0.3) is 10.2 Å². The molecule has 6 nitrogen and oxygen atoms in total. The smallest absolute Gasteiger partial charge is 0.350 e. The van der Waals surface area contributed by atoms with E-state index in [0.29, 0.717) is 33.2 Å². The van der Waals surface area contributed by atoms with E-state index >= 15 is 0 Å². The van der Waals surface area contributed by atoms with Gasteiger partial charge in [-0.15, -0.1) is 11.3 Å². The number of nitrogens with zero attached hydrogens (tertiary/aromatic N) is 4. The third kappa shape index (κ3) is 4.89. The second kappa shape index (κ2) is 8.11. The lowest BCUT2D eigenvalue weighted by atomic mass is 10.2. The molecule has 0 bridgehead atoms. The molecule has 0 N–H and O–H groups in total. The van der Waals surface area contributed by atoms with E-state index < -0.39 is 43.1 Å². The molecule has 2 aromatic heterocycles. The van der Waals surface area contributed by atoms with E-state index in [-0.39, 0.29) is 21.3 Å². The van der Waals surface area contributed by atoms with E-state index in [1.165, 1.54) is 6.92 Å². The summed E-state index contributed by atoms with van der Waals surface area (Å²) in [6.07, 6.45) is -10.9.